The van der Waals surface area contributed by atoms with Gasteiger partial charge < -0.3 is 10.0 Å². The van der Waals surface area contributed by atoms with Gasteiger partial charge in [-0.05, 0) is 58.6 Å². The highest BCUT2D eigenvalue weighted by atomic mass is 79.9. The molecule has 2 rings (SSSR count). The summed E-state index contributed by atoms with van der Waals surface area (Å²) in [5.74, 6) is 0.395. The van der Waals surface area contributed by atoms with Crippen LogP contribution in [0.2, 0.25) is 0 Å². The van der Waals surface area contributed by atoms with Gasteiger partial charge in [0.1, 0.15) is 5.75 Å². The second-order valence-corrected chi connectivity index (χ2v) is 6.59. The van der Waals surface area contributed by atoms with Gasteiger partial charge in [0.25, 0.3) is 0 Å². The molecule has 0 aromatic heterocycles. The van der Waals surface area contributed by atoms with Crippen molar-refractivity contribution in [3.63, 3.8) is 0 Å². The van der Waals surface area contributed by atoms with Gasteiger partial charge in [0.05, 0.1) is 0 Å². The number of aromatic hydroxyl groups is 1. The Morgan fingerprint density at radius 3 is 2.89 bits per heavy atom. The molecule has 1 fully saturated rings. The van der Waals surface area contributed by atoms with Crippen LogP contribution in [0, 0.1) is 0 Å². The summed E-state index contributed by atoms with van der Waals surface area (Å²) in [7, 11) is 4.25. The van der Waals surface area contributed by atoms with Crippen LogP contribution in [0.4, 0.5) is 0 Å². The molecule has 3 nitrogen and oxygen atoms in total. The summed E-state index contributed by atoms with van der Waals surface area (Å²) >= 11 is 3.49. The molecule has 0 spiro atoms. The molecule has 1 N–H and O–H groups in total. The molecule has 1 aromatic carbocycles. The van der Waals surface area contributed by atoms with E-state index in [0.29, 0.717) is 11.8 Å². The summed E-state index contributed by atoms with van der Waals surface area (Å²) in [6.45, 7) is 4.39. The van der Waals surface area contributed by atoms with E-state index < -0.39 is 0 Å². The van der Waals surface area contributed by atoms with Crippen LogP contribution in [0.3, 0.4) is 0 Å². The summed E-state index contributed by atoms with van der Waals surface area (Å²) in [5.41, 5.74) is 1.01. The Morgan fingerprint density at radius 1 is 1.47 bits per heavy atom. The lowest BCUT2D eigenvalue weighted by atomic mass is 10.0. The highest BCUT2D eigenvalue weighted by Crippen LogP contribution is 2.35. The first kappa shape index (κ1) is 14.8. The molecule has 2 atom stereocenters. The number of hydrogen-bond acceptors (Lipinski definition) is 3. The largest absolute Gasteiger partial charge is 0.508 e. The van der Waals surface area contributed by atoms with Crippen molar-refractivity contribution in [3.05, 3.63) is 28.2 Å². The zero-order valence-electron chi connectivity index (χ0n) is 11.9. The Kier molecular flexibility index (Phi) is 4.87. The van der Waals surface area contributed by atoms with E-state index >= 15 is 0 Å². The molecule has 1 aromatic rings. The maximum atomic E-state index is 10.1. The molecule has 1 saturated heterocycles. The number of rotatable bonds is 4. The molecular weight excluding hydrogens is 304 g/mol. The number of phenolic OH excluding ortho intramolecular Hbond substituents is 1. The highest BCUT2D eigenvalue weighted by molar-refractivity contribution is 9.10. The lowest BCUT2D eigenvalue weighted by Gasteiger charge is -2.33. The van der Waals surface area contributed by atoms with Crippen molar-refractivity contribution in [2.75, 3.05) is 27.2 Å². The van der Waals surface area contributed by atoms with E-state index in [9.17, 15) is 5.11 Å². The molecule has 2 unspecified atom stereocenters. The molecule has 0 amide bonds. The highest BCUT2D eigenvalue weighted by Gasteiger charge is 2.30. The number of nitrogens with zero attached hydrogens (tertiary/aromatic N) is 2. The molecule has 1 aliphatic rings. The molecule has 4 heteroatoms. The van der Waals surface area contributed by atoms with Gasteiger partial charge in [-0.15, -0.1) is 0 Å². The minimum atomic E-state index is 0.255. The van der Waals surface area contributed by atoms with Crippen LogP contribution >= 0.6 is 15.9 Å². The van der Waals surface area contributed by atoms with Gasteiger partial charge in [0.15, 0.2) is 0 Å². The molecular formula is C15H23BrN2O. The monoisotopic (exact) mass is 326 g/mol. The Morgan fingerprint density at radius 2 is 2.21 bits per heavy atom. The third kappa shape index (κ3) is 3.50. The van der Waals surface area contributed by atoms with Crippen molar-refractivity contribution in [2.45, 2.75) is 31.8 Å². The first-order valence-corrected chi connectivity index (χ1v) is 7.67. The number of benzene rings is 1. The minimum absolute atomic E-state index is 0.255. The van der Waals surface area contributed by atoms with Gasteiger partial charge in [0.2, 0.25) is 0 Å². The first-order valence-electron chi connectivity index (χ1n) is 6.88. The number of halogens is 1. The maximum absolute atomic E-state index is 10.1. The van der Waals surface area contributed by atoms with Crippen LogP contribution in [-0.2, 0) is 0 Å². The second kappa shape index (κ2) is 6.25. The van der Waals surface area contributed by atoms with Crippen LogP contribution in [-0.4, -0.2) is 48.1 Å². The zero-order chi connectivity index (χ0) is 14.0. The SMILES string of the molecule is CC(c1cc(Br)ccc1O)N1CCCC1CN(C)C. The minimum Gasteiger partial charge on any atom is -0.508 e. The van der Waals surface area contributed by atoms with Crippen molar-refractivity contribution in [1.82, 2.24) is 9.80 Å². The van der Waals surface area contributed by atoms with Crippen molar-refractivity contribution < 1.29 is 5.11 Å². The van der Waals surface area contributed by atoms with E-state index in [4.69, 9.17) is 0 Å². The Labute approximate surface area is 124 Å². The van der Waals surface area contributed by atoms with Gasteiger partial charge in [-0.25, -0.2) is 0 Å². The van der Waals surface area contributed by atoms with Crippen molar-refractivity contribution >= 4 is 15.9 Å². The fraction of sp³-hybridized carbons (Fsp3) is 0.600. The Balaban J connectivity index is 2.18. The first-order chi connectivity index (χ1) is 8.99. The summed E-state index contributed by atoms with van der Waals surface area (Å²) < 4.78 is 1.02. The van der Waals surface area contributed by atoms with E-state index in [1.165, 1.54) is 12.8 Å². The quantitative estimate of drug-likeness (QED) is 0.920. The number of phenols is 1. The van der Waals surface area contributed by atoms with Crippen molar-refractivity contribution in [2.24, 2.45) is 0 Å². The standard InChI is InChI=1S/C15H23BrN2O/c1-11(14-9-12(16)6-7-15(14)19)18-8-4-5-13(18)10-17(2)3/h6-7,9,11,13,19H,4-5,8,10H2,1-3H3. The van der Waals surface area contributed by atoms with Crippen molar-refractivity contribution in [3.8, 4) is 5.75 Å². The molecule has 106 valence electrons. The predicted octanol–water partition coefficient (Wildman–Crippen LogP) is 3.24. The fourth-order valence-corrected chi connectivity index (χ4v) is 3.40. The summed E-state index contributed by atoms with van der Waals surface area (Å²) in [6.07, 6.45) is 2.49. The van der Waals surface area contributed by atoms with E-state index in [1.807, 2.05) is 12.1 Å². The third-order valence-corrected chi connectivity index (χ3v) is 4.43. The van der Waals surface area contributed by atoms with Crippen molar-refractivity contribution in [1.29, 1.82) is 0 Å². The van der Waals surface area contributed by atoms with Gasteiger partial charge in [-0.2, -0.15) is 0 Å². The van der Waals surface area contributed by atoms with Gasteiger partial charge in [-0.1, -0.05) is 15.9 Å². The van der Waals surface area contributed by atoms with Gasteiger partial charge >= 0.3 is 0 Å². The molecule has 0 aliphatic carbocycles. The molecule has 0 radical (unpaired) electrons. The molecule has 19 heavy (non-hydrogen) atoms. The normalized spacial score (nSPS) is 22.1. The number of hydrogen-bond donors (Lipinski definition) is 1. The van der Waals surface area contributed by atoms with E-state index in [0.717, 1.165) is 23.1 Å². The second-order valence-electron chi connectivity index (χ2n) is 5.68. The predicted molar refractivity (Wildman–Crippen MR) is 82.5 cm³/mol. The smallest absolute Gasteiger partial charge is 0.120 e. The van der Waals surface area contributed by atoms with Crippen LogP contribution in [0.5, 0.6) is 5.75 Å². The van der Waals surface area contributed by atoms with E-state index in [2.05, 4.69) is 46.7 Å². The number of likely N-dealkylation sites (N-methyl/N-ethyl adjacent to an activating group) is 1. The van der Waals surface area contributed by atoms with Crippen LogP contribution < -0.4 is 0 Å². The summed E-state index contributed by atoms with van der Waals surface area (Å²) in [5, 5.41) is 10.1. The Bertz CT molecular complexity index is 436. The van der Waals surface area contributed by atoms with Crippen LogP contribution in [0.15, 0.2) is 22.7 Å². The Hall–Kier alpha value is -0.580. The number of likely N-dealkylation sites (tertiary alicyclic amines) is 1. The molecule has 0 saturated carbocycles. The summed E-state index contributed by atoms with van der Waals surface area (Å²) in [6, 6.07) is 6.53. The fourth-order valence-electron chi connectivity index (χ4n) is 3.02. The lowest BCUT2D eigenvalue weighted by molar-refractivity contribution is 0.160. The average Bonchev–Trinajstić information content (AvgIpc) is 2.78. The third-order valence-electron chi connectivity index (χ3n) is 3.94. The maximum Gasteiger partial charge on any atom is 0.120 e. The summed E-state index contributed by atoms with van der Waals surface area (Å²) in [4.78, 5) is 4.76. The van der Waals surface area contributed by atoms with Crippen LogP contribution in [0.1, 0.15) is 31.4 Å². The molecule has 1 heterocycles. The molecule has 0 bridgehead atoms. The topological polar surface area (TPSA) is 26.7 Å². The van der Waals surface area contributed by atoms with Gasteiger partial charge in [0, 0.05) is 28.7 Å². The lowest BCUT2D eigenvalue weighted by Crippen LogP contribution is -2.39. The van der Waals surface area contributed by atoms with E-state index in [-0.39, 0.29) is 6.04 Å². The van der Waals surface area contributed by atoms with Crippen LogP contribution in [0.25, 0.3) is 0 Å². The van der Waals surface area contributed by atoms with Gasteiger partial charge in [-0.3, -0.25) is 4.90 Å². The van der Waals surface area contributed by atoms with E-state index in [1.54, 1.807) is 6.07 Å². The average molecular weight is 327 g/mol. The molecule has 1 aliphatic heterocycles. The zero-order valence-corrected chi connectivity index (χ0v) is 13.5.